The molecule has 2 aromatic carbocycles. The van der Waals surface area contributed by atoms with Crippen molar-refractivity contribution in [2.24, 2.45) is 0 Å². The Morgan fingerprint density at radius 3 is 1.68 bits per heavy atom. The molecule has 0 bridgehead atoms. The molecule has 0 radical (unpaired) electrons. The molecule has 2 aromatic rings. The van der Waals surface area contributed by atoms with Crippen LogP contribution in [-0.4, -0.2) is 29.9 Å². The van der Waals surface area contributed by atoms with Crippen LogP contribution in [0.25, 0.3) is 0 Å². The minimum absolute atomic E-state index is 0. The van der Waals surface area contributed by atoms with Crippen LogP contribution >= 0.6 is 0 Å². The van der Waals surface area contributed by atoms with Gasteiger partial charge in [0.2, 0.25) is 0 Å². The van der Waals surface area contributed by atoms with E-state index in [2.05, 4.69) is 41.5 Å². The largest absolute Gasteiger partial charge is 1.00 e. The minimum Gasteiger partial charge on any atom is -0.870 e. The van der Waals surface area contributed by atoms with Gasteiger partial charge in [0, 0.05) is 11.1 Å². The number of rotatable bonds is 2. The van der Waals surface area contributed by atoms with Crippen LogP contribution in [0.5, 0.6) is 23.0 Å². The molecule has 0 spiro atoms. The van der Waals surface area contributed by atoms with Gasteiger partial charge in [-0.1, -0.05) is 41.5 Å². The van der Waals surface area contributed by atoms with Gasteiger partial charge in [0.1, 0.15) is 23.0 Å². The van der Waals surface area contributed by atoms with E-state index < -0.39 is 0 Å². The van der Waals surface area contributed by atoms with Gasteiger partial charge in [-0.2, -0.15) is 0 Å². The van der Waals surface area contributed by atoms with Gasteiger partial charge >= 0.3 is 51.4 Å². The summed E-state index contributed by atoms with van der Waals surface area (Å²) in [5, 5.41) is 19.0. The molecule has 5 nitrogen and oxygen atoms in total. The molecule has 0 aliphatic rings. The fourth-order valence-electron chi connectivity index (χ4n) is 2.52. The fourth-order valence-corrected chi connectivity index (χ4v) is 2.52. The fraction of sp³-hybridized carbons (Fsp3) is 0.455. The molecule has 0 aromatic heterocycles. The number of ether oxygens (including phenoxy) is 2. The molecule has 0 fully saturated rings. The third-order valence-electron chi connectivity index (χ3n) is 4.00. The van der Waals surface area contributed by atoms with E-state index in [4.69, 9.17) is 9.47 Å². The van der Waals surface area contributed by atoms with Crippen LogP contribution < -0.4 is 60.9 Å². The topological polar surface area (TPSA) is 88.9 Å². The van der Waals surface area contributed by atoms with Gasteiger partial charge in [-0.05, 0) is 47.2 Å². The van der Waals surface area contributed by atoms with E-state index in [9.17, 15) is 10.2 Å². The zero-order valence-corrected chi connectivity index (χ0v) is 21.7. The Morgan fingerprint density at radius 2 is 1.25 bits per heavy atom. The van der Waals surface area contributed by atoms with Gasteiger partial charge in [-0.25, -0.2) is 0 Å². The zero-order chi connectivity index (χ0) is 20.1. The van der Waals surface area contributed by atoms with Crippen LogP contribution in [0.2, 0.25) is 0 Å². The molecule has 0 heterocycles. The van der Waals surface area contributed by atoms with Crippen molar-refractivity contribution in [1.82, 2.24) is 0 Å². The Labute approximate surface area is 211 Å². The smallest absolute Gasteiger partial charge is 0.870 e. The van der Waals surface area contributed by atoms with Crippen molar-refractivity contribution in [3.63, 3.8) is 0 Å². The Morgan fingerprint density at radius 1 is 0.714 bits per heavy atom. The van der Waals surface area contributed by atoms with Crippen molar-refractivity contribution in [2.45, 2.75) is 52.4 Å². The van der Waals surface area contributed by atoms with Crippen LogP contribution in [0.4, 0.5) is 0 Å². The predicted octanol–water partition coefficient (Wildman–Crippen LogP) is 2.22. The molecule has 2 rings (SSSR count). The molecule has 6 heteroatoms. The monoisotopic (exact) mass is 416 g/mol. The number of hydrogen-bond acceptors (Lipinski definition) is 5. The summed E-state index contributed by atoms with van der Waals surface area (Å²) in [4.78, 5) is 0. The summed E-state index contributed by atoms with van der Waals surface area (Å²) in [5.41, 5.74) is 1.87. The van der Waals surface area contributed by atoms with Crippen molar-refractivity contribution < 1.29 is 76.5 Å². The average molecular weight is 417 g/mol. The normalized spacial score (nSPS) is 10.6. The van der Waals surface area contributed by atoms with Gasteiger partial charge < -0.3 is 25.2 Å². The minimum atomic E-state index is -0.0569. The summed E-state index contributed by atoms with van der Waals surface area (Å²) in [6, 6.07) is 10.5. The number of benzene rings is 2. The average Bonchev–Trinajstić information content (AvgIpc) is 2.54. The summed E-state index contributed by atoms with van der Waals surface area (Å²) < 4.78 is 10.3. The molecule has 152 valence electrons. The van der Waals surface area contributed by atoms with E-state index in [1.807, 2.05) is 6.07 Å². The first-order valence-corrected chi connectivity index (χ1v) is 8.65. The van der Waals surface area contributed by atoms with E-state index in [0.717, 1.165) is 22.6 Å². The van der Waals surface area contributed by atoms with E-state index in [1.165, 1.54) is 0 Å². The van der Waals surface area contributed by atoms with Gasteiger partial charge in [0.15, 0.2) is 0 Å². The molecule has 0 aliphatic carbocycles. The third kappa shape index (κ3) is 8.72. The predicted molar refractivity (Wildman–Crippen MR) is 109 cm³/mol. The number of aromatic hydroxyl groups is 2. The van der Waals surface area contributed by atoms with Crippen LogP contribution in [0.1, 0.15) is 52.7 Å². The quantitative estimate of drug-likeness (QED) is 0.733. The maximum Gasteiger partial charge on any atom is 1.00 e. The molecule has 0 amide bonds. The van der Waals surface area contributed by atoms with Gasteiger partial charge in [0.05, 0.1) is 14.2 Å². The second kappa shape index (κ2) is 12.1. The van der Waals surface area contributed by atoms with Crippen molar-refractivity contribution in [3.05, 3.63) is 47.5 Å². The number of phenolic OH excluding ortho intramolecular Hbond substituents is 2. The zero-order valence-electron chi connectivity index (χ0n) is 18.6. The second-order valence-corrected chi connectivity index (χ2v) is 8.27. The molecule has 0 atom stereocenters. The number of methoxy groups -OCH3 is 2. The van der Waals surface area contributed by atoms with E-state index in [-0.39, 0.29) is 73.4 Å². The van der Waals surface area contributed by atoms with Crippen molar-refractivity contribution in [2.75, 3.05) is 14.2 Å². The Balaban J connectivity index is 0. The molecule has 28 heavy (non-hydrogen) atoms. The Bertz CT molecular complexity index is 731. The van der Waals surface area contributed by atoms with E-state index in [0.29, 0.717) is 5.75 Å². The maximum absolute atomic E-state index is 9.61. The molecule has 0 aliphatic heterocycles. The summed E-state index contributed by atoms with van der Waals surface area (Å²) in [5.74, 6) is 2.21. The van der Waals surface area contributed by atoms with Gasteiger partial charge in [-0.15, -0.1) is 0 Å². The number of phenols is 2. The van der Waals surface area contributed by atoms with Gasteiger partial charge in [0.25, 0.3) is 0 Å². The Kier molecular flexibility index (Phi) is 12.7. The van der Waals surface area contributed by atoms with Crippen LogP contribution in [0.3, 0.4) is 0 Å². The first-order chi connectivity index (χ1) is 11.9. The van der Waals surface area contributed by atoms with E-state index >= 15 is 0 Å². The summed E-state index contributed by atoms with van der Waals surface area (Å²) >= 11 is 0. The van der Waals surface area contributed by atoms with E-state index in [1.54, 1.807) is 44.6 Å². The molecular weight excluding hydrogens is 383 g/mol. The number of hydrogen-bond donors (Lipinski definition) is 2. The maximum atomic E-state index is 9.61. The summed E-state index contributed by atoms with van der Waals surface area (Å²) in [6.07, 6.45) is 0. The van der Waals surface area contributed by atoms with Crippen molar-refractivity contribution in [3.8, 4) is 23.0 Å². The standard InChI is InChI=1S/2C11H16O2.K.H2O/c1-11(2,3)9-7-8(13-4)5-6-10(9)12;1-11(2,3)9-7-8(12)5-6-10(9)13-4;;/h2*5-7,12H,1-4H3;;1H2/q;;+1;/p-1. The third-order valence-corrected chi connectivity index (χ3v) is 4.00. The Hall–Kier alpha value is -0.764. The van der Waals surface area contributed by atoms with Crippen LogP contribution in [-0.2, 0) is 10.8 Å². The SMILES string of the molecule is COc1ccc(O)c(C(C)(C)C)c1.COc1ccc(O)cc1C(C)(C)C.[K+].[OH-]. The van der Waals surface area contributed by atoms with Crippen molar-refractivity contribution >= 4 is 0 Å². The molecule has 0 unspecified atom stereocenters. The van der Waals surface area contributed by atoms with Crippen LogP contribution in [0, 0.1) is 0 Å². The molecule has 0 saturated carbocycles. The second-order valence-electron chi connectivity index (χ2n) is 8.27. The summed E-state index contributed by atoms with van der Waals surface area (Å²) in [7, 11) is 3.26. The molecule has 0 saturated heterocycles. The van der Waals surface area contributed by atoms with Crippen LogP contribution in [0.15, 0.2) is 36.4 Å². The first-order valence-electron chi connectivity index (χ1n) is 8.65. The van der Waals surface area contributed by atoms with Crippen molar-refractivity contribution in [1.29, 1.82) is 0 Å². The van der Waals surface area contributed by atoms with Gasteiger partial charge in [-0.3, -0.25) is 0 Å². The first kappa shape index (κ1) is 29.4. The molecule has 3 N–H and O–H groups in total. The summed E-state index contributed by atoms with van der Waals surface area (Å²) in [6.45, 7) is 12.4. The molecular formula is C22H33KO5.